The summed E-state index contributed by atoms with van der Waals surface area (Å²) in [4.78, 5) is 0. The molecule has 1 unspecified atom stereocenters. The van der Waals surface area contributed by atoms with Gasteiger partial charge in [0.1, 0.15) is 5.82 Å². The maximum atomic E-state index is 13.5. The van der Waals surface area contributed by atoms with Crippen molar-refractivity contribution in [1.29, 1.82) is 0 Å². The van der Waals surface area contributed by atoms with Crippen LogP contribution in [0.15, 0.2) is 34.3 Å². The molecule has 0 aliphatic heterocycles. The summed E-state index contributed by atoms with van der Waals surface area (Å²) >= 11 is 3.54. The summed E-state index contributed by atoms with van der Waals surface area (Å²) in [5.74, 6) is -0.153. The van der Waals surface area contributed by atoms with Gasteiger partial charge in [-0.05, 0) is 75.3 Å². The predicted molar refractivity (Wildman–Crippen MR) is 91.1 cm³/mol. The smallest absolute Gasteiger partial charge is 0.123 e. The zero-order valence-corrected chi connectivity index (χ0v) is 14.4. The number of hydrogen-bond donors (Lipinski definition) is 1. The molecule has 0 saturated carbocycles. The van der Waals surface area contributed by atoms with Gasteiger partial charge < -0.3 is 5.32 Å². The second-order valence-electron chi connectivity index (χ2n) is 5.90. The first-order chi connectivity index (χ1) is 10.2. The number of nitrogens with one attached hydrogen (secondary N) is 1. The number of hydrogen-bond acceptors (Lipinski definition) is 1. The molecule has 0 saturated heterocycles. The highest BCUT2D eigenvalue weighted by Gasteiger charge is 2.15. The van der Waals surface area contributed by atoms with E-state index >= 15 is 0 Å². The Hall–Kier alpha value is -0.670. The molecule has 1 aliphatic rings. The molecule has 1 atom stereocenters. The molecule has 1 aromatic carbocycles. The maximum Gasteiger partial charge on any atom is 0.123 e. The molecule has 1 aliphatic carbocycles. The standard InChI is InChI=1S/C18H25BrFN/c1-2-10-21-17(11-14-6-4-3-5-7-14)13-15-12-16(20)8-9-18(15)19/h6,8-9,12,17,21H,2-5,7,10-11,13H2,1H3. The van der Waals surface area contributed by atoms with E-state index in [2.05, 4.69) is 34.2 Å². The average molecular weight is 354 g/mol. The molecule has 1 N–H and O–H groups in total. The fourth-order valence-corrected chi connectivity index (χ4v) is 3.35. The normalized spacial score (nSPS) is 16.6. The number of rotatable bonds is 7. The van der Waals surface area contributed by atoms with E-state index in [1.54, 1.807) is 17.7 Å². The first-order valence-corrected chi connectivity index (χ1v) is 8.83. The lowest BCUT2D eigenvalue weighted by molar-refractivity contribution is 0.488. The lowest BCUT2D eigenvalue weighted by Crippen LogP contribution is -2.32. The highest BCUT2D eigenvalue weighted by atomic mass is 79.9. The fourth-order valence-electron chi connectivity index (χ4n) is 2.94. The Labute approximate surface area is 136 Å². The molecule has 1 aromatic rings. The molecule has 0 fully saturated rings. The van der Waals surface area contributed by atoms with Gasteiger partial charge in [-0.15, -0.1) is 0 Å². The van der Waals surface area contributed by atoms with E-state index in [-0.39, 0.29) is 5.82 Å². The SMILES string of the molecule is CCCNC(CC1=CCCCC1)Cc1cc(F)ccc1Br. The van der Waals surface area contributed by atoms with Gasteiger partial charge in [-0.1, -0.05) is 34.5 Å². The van der Waals surface area contributed by atoms with Crippen LogP contribution in [0.1, 0.15) is 51.0 Å². The number of halogens is 2. The van der Waals surface area contributed by atoms with Crippen molar-refractivity contribution < 1.29 is 4.39 Å². The van der Waals surface area contributed by atoms with Gasteiger partial charge >= 0.3 is 0 Å². The number of allylic oxidation sites excluding steroid dienone is 1. The summed E-state index contributed by atoms with van der Waals surface area (Å²) < 4.78 is 14.5. The van der Waals surface area contributed by atoms with Gasteiger partial charge in [-0.25, -0.2) is 4.39 Å². The molecular formula is C18H25BrFN. The molecule has 0 bridgehead atoms. The van der Waals surface area contributed by atoms with Crippen LogP contribution in [-0.2, 0) is 6.42 Å². The van der Waals surface area contributed by atoms with E-state index in [1.807, 2.05) is 0 Å². The van der Waals surface area contributed by atoms with Crippen LogP contribution in [0.3, 0.4) is 0 Å². The molecule has 3 heteroatoms. The predicted octanol–water partition coefficient (Wildman–Crippen LogP) is 5.39. The van der Waals surface area contributed by atoms with E-state index in [9.17, 15) is 4.39 Å². The van der Waals surface area contributed by atoms with Crippen molar-refractivity contribution in [3.8, 4) is 0 Å². The van der Waals surface area contributed by atoms with E-state index in [0.29, 0.717) is 6.04 Å². The summed E-state index contributed by atoms with van der Waals surface area (Å²) in [7, 11) is 0. The van der Waals surface area contributed by atoms with Crippen LogP contribution in [0.5, 0.6) is 0 Å². The monoisotopic (exact) mass is 353 g/mol. The lowest BCUT2D eigenvalue weighted by Gasteiger charge is -2.22. The first-order valence-electron chi connectivity index (χ1n) is 8.04. The van der Waals surface area contributed by atoms with Crippen molar-refractivity contribution in [2.75, 3.05) is 6.54 Å². The van der Waals surface area contributed by atoms with Crippen LogP contribution in [0.2, 0.25) is 0 Å². The van der Waals surface area contributed by atoms with Gasteiger partial charge in [0, 0.05) is 10.5 Å². The Morgan fingerprint density at radius 2 is 2.14 bits per heavy atom. The maximum absolute atomic E-state index is 13.5. The second-order valence-corrected chi connectivity index (χ2v) is 6.76. The minimum Gasteiger partial charge on any atom is -0.313 e. The second kappa shape index (κ2) is 8.70. The quantitative estimate of drug-likeness (QED) is 0.648. The van der Waals surface area contributed by atoms with Gasteiger partial charge in [-0.3, -0.25) is 0 Å². The summed E-state index contributed by atoms with van der Waals surface area (Å²) in [5, 5.41) is 3.63. The molecule has 0 heterocycles. The molecule has 2 rings (SSSR count). The molecule has 0 amide bonds. The van der Waals surface area contributed by atoms with Crippen LogP contribution in [0.25, 0.3) is 0 Å². The average Bonchev–Trinajstić information content (AvgIpc) is 2.49. The van der Waals surface area contributed by atoms with Crippen LogP contribution < -0.4 is 5.32 Å². The zero-order chi connectivity index (χ0) is 15.1. The Balaban J connectivity index is 2.04. The van der Waals surface area contributed by atoms with Crippen molar-refractivity contribution in [2.24, 2.45) is 0 Å². The molecule has 21 heavy (non-hydrogen) atoms. The van der Waals surface area contributed by atoms with Crippen molar-refractivity contribution in [3.05, 3.63) is 45.7 Å². The Morgan fingerprint density at radius 3 is 2.86 bits per heavy atom. The van der Waals surface area contributed by atoms with Gasteiger partial charge in [-0.2, -0.15) is 0 Å². The van der Waals surface area contributed by atoms with E-state index in [0.717, 1.165) is 35.8 Å². The minimum absolute atomic E-state index is 0.153. The third-order valence-electron chi connectivity index (χ3n) is 4.05. The Morgan fingerprint density at radius 1 is 1.29 bits per heavy atom. The van der Waals surface area contributed by atoms with E-state index in [4.69, 9.17) is 0 Å². The van der Waals surface area contributed by atoms with Crippen LogP contribution in [0.4, 0.5) is 4.39 Å². The van der Waals surface area contributed by atoms with Crippen molar-refractivity contribution >= 4 is 15.9 Å². The van der Waals surface area contributed by atoms with E-state index < -0.39 is 0 Å². The highest BCUT2D eigenvalue weighted by Crippen LogP contribution is 2.25. The van der Waals surface area contributed by atoms with Crippen LogP contribution in [0, 0.1) is 5.82 Å². The molecule has 0 spiro atoms. The van der Waals surface area contributed by atoms with Gasteiger partial charge in [0.2, 0.25) is 0 Å². The summed E-state index contributed by atoms with van der Waals surface area (Å²) in [6.07, 6.45) is 10.6. The van der Waals surface area contributed by atoms with Crippen LogP contribution in [-0.4, -0.2) is 12.6 Å². The lowest BCUT2D eigenvalue weighted by atomic mass is 9.91. The van der Waals surface area contributed by atoms with Gasteiger partial charge in [0.25, 0.3) is 0 Å². The summed E-state index contributed by atoms with van der Waals surface area (Å²) in [6.45, 7) is 3.20. The molecule has 0 aromatic heterocycles. The summed E-state index contributed by atoms with van der Waals surface area (Å²) in [5.41, 5.74) is 2.63. The Kier molecular flexibility index (Phi) is 6.91. The summed E-state index contributed by atoms with van der Waals surface area (Å²) in [6, 6.07) is 5.36. The third kappa shape index (κ3) is 5.55. The van der Waals surface area contributed by atoms with E-state index in [1.165, 1.54) is 31.7 Å². The van der Waals surface area contributed by atoms with Crippen molar-refractivity contribution in [2.45, 2.75) is 57.9 Å². The van der Waals surface area contributed by atoms with Gasteiger partial charge in [0.05, 0.1) is 0 Å². The molecule has 0 radical (unpaired) electrons. The van der Waals surface area contributed by atoms with Crippen molar-refractivity contribution in [3.63, 3.8) is 0 Å². The topological polar surface area (TPSA) is 12.0 Å². The van der Waals surface area contributed by atoms with Crippen molar-refractivity contribution in [1.82, 2.24) is 5.32 Å². The Bertz CT molecular complexity index is 484. The largest absolute Gasteiger partial charge is 0.313 e. The minimum atomic E-state index is -0.153. The third-order valence-corrected chi connectivity index (χ3v) is 4.82. The fraction of sp³-hybridized carbons (Fsp3) is 0.556. The highest BCUT2D eigenvalue weighted by molar-refractivity contribution is 9.10. The zero-order valence-electron chi connectivity index (χ0n) is 12.8. The number of benzene rings is 1. The van der Waals surface area contributed by atoms with Gasteiger partial charge in [0.15, 0.2) is 0 Å². The molecule has 116 valence electrons. The molecule has 1 nitrogen and oxygen atoms in total. The first kappa shape index (κ1) is 16.7. The molecular weight excluding hydrogens is 329 g/mol. The van der Waals surface area contributed by atoms with Crippen LogP contribution >= 0.6 is 15.9 Å².